The van der Waals surface area contributed by atoms with Crippen LogP contribution in [-0.4, -0.2) is 67.2 Å². The smallest absolute Gasteiger partial charge is 0.265 e. The van der Waals surface area contributed by atoms with Crippen molar-refractivity contribution in [3.8, 4) is 5.69 Å². The second-order valence-electron chi connectivity index (χ2n) is 13.1. The van der Waals surface area contributed by atoms with Crippen LogP contribution in [0.2, 0.25) is 0 Å². The van der Waals surface area contributed by atoms with Crippen LogP contribution in [0.4, 0.5) is 5.69 Å². The maximum absolute atomic E-state index is 14.6. The Kier molecular flexibility index (Phi) is 7.65. The Morgan fingerprint density at radius 1 is 1.09 bits per heavy atom. The molecule has 3 aromatic rings. The first-order valence-electron chi connectivity index (χ1n) is 16.1. The Labute approximate surface area is 263 Å². The van der Waals surface area contributed by atoms with E-state index in [2.05, 4.69) is 44.3 Å². The van der Waals surface area contributed by atoms with Crippen LogP contribution in [0, 0.1) is 11.3 Å². The van der Waals surface area contributed by atoms with Gasteiger partial charge in [-0.15, -0.1) is 0 Å². The van der Waals surface area contributed by atoms with Gasteiger partial charge < -0.3 is 20.9 Å². The van der Waals surface area contributed by atoms with Gasteiger partial charge in [0.1, 0.15) is 11.4 Å². The highest BCUT2D eigenvalue weighted by Crippen LogP contribution is 2.44. The van der Waals surface area contributed by atoms with Crippen molar-refractivity contribution in [2.45, 2.75) is 38.6 Å². The first-order chi connectivity index (χ1) is 21.8. The molecule has 0 radical (unpaired) electrons. The van der Waals surface area contributed by atoms with E-state index in [9.17, 15) is 9.59 Å². The quantitative estimate of drug-likeness (QED) is 0.451. The summed E-state index contributed by atoms with van der Waals surface area (Å²) in [5.41, 5.74) is 10.0. The number of anilines is 1. The van der Waals surface area contributed by atoms with Gasteiger partial charge in [0.05, 0.1) is 22.8 Å². The second-order valence-corrected chi connectivity index (χ2v) is 13.1. The Hall–Kier alpha value is -4.50. The number of piperidine rings is 1. The summed E-state index contributed by atoms with van der Waals surface area (Å²) < 4.78 is 1.75. The Bertz CT molecular complexity index is 1800. The second kappa shape index (κ2) is 11.8. The van der Waals surface area contributed by atoms with Gasteiger partial charge in [-0.25, -0.2) is 0 Å². The lowest BCUT2D eigenvalue weighted by molar-refractivity contribution is -0.117. The Morgan fingerprint density at radius 3 is 2.64 bits per heavy atom. The van der Waals surface area contributed by atoms with Crippen LogP contribution in [0.3, 0.4) is 0 Å². The molecule has 4 aliphatic rings. The van der Waals surface area contributed by atoms with E-state index in [0.29, 0.717) is 34.3 Å². The highest BCUT2D eigenvalue weighted by molar-refractivity contribution is 6.21. The highest BCUT2D eigenvalue weighted by Gasteiger charge is 2.45. The number of nitrogens with one attached hydrogen (secondary N) is 1. The van der Waals surface area contributed by atoms with E-state index in [1.807, 2.05) is 61.5 Å². The lowest BCUT2D eigenvalue weighted by Crippen LogP contribution is -2.60. The number of hydrogen-bond donors (Lipinski definition) is 2. The zero-order chi connectivity index (χ0) is 31.1. The third-order valence-electron chi connectivity index (χ3n) is 10.0. The fourth-order valence-electron chi connectivity index (χ4n) is 7.43. The van der Waals surface area contributed by atoms with Gasteiger partial charge in [-0.1, -0.05) is 36.4 Å². The van der Waals surface area contributed by atoms with E-state index in [-0.39, 0.29) is 23.2 Å². The van der Waals surface area contributed by atoms with Crippen molar-refractivity contribution in [2.24, 2.45) is 27.1 Å². The van der Waals surface area contributed by atoms with E-state index >= 15 is 0 Å². The molecule has 2 saturated heterocycles. The van der Waals surface area contributed by atoms with Crippen LogP contribution in [0.15, 0.2) is 92.8 Å². The van der Waals surface area contributed by atoms with Crippen molar-refractivity contribution in [1.29, 1.82) is 0 Å². The molecule has 0 saturated carbocycles. The van der Waals surface area contributed by atoms with E-state index in [1.165, 1.54) is 12.8 Å². The number of likely N-dealkylation sites (tertiary alicyclic amines) is 1. The van der Waals surface area contributed by atoms with Crippen molar-refractivity contribution in [3.05, 3.63) is 94.1 Å². The Balaban J connectivity index is 1.27. The zero-order valence-electron chi connectivity index (χ0n) is 26.1. The lowest BCUT2D eigenvalue weighted by Gasteiger charge is -2.55. The number of nitrogens with two attached hydrogens (primary N) is 1. The molecule has 0 bridgehead atoms. The maximum Gasteiger partial charge on any atom is 0.265 e. The molecule has 1 unspecified atom stereocenters. The van der Waals surface area contributed by atoms with Gasteiger partial charge in [0.25, 0.3) is 11.5 Å². The normalized spacial score (nSPS) is 22.0. The molecule has 1 spiro atoms. The molecule has 2 fully saturated rings. The minimum Gasteiger partial charge on any atom is -0.383 e. The summed E-state index contributed by atoms with van der Waals surface area (Å²) in [6.07, 6.45) is 9.62. The average Bonchev–Trinajstić information content (AvgIpc) is 3.34. The minimum absolute atomic E-state index is 0.0672. The molecule has 9 heteroatoms. The topological polar surface area (TPSA) is 108 Å². The molecule has 0 aliphatic carbocycles. The lowest BCUT2D eigenvalue weighted by atomic mass is 9.71. The first-order valence-corrected chi connectivity index (χ1v) is 16.1. The summed E-state index contributed by atoms with van der Waals surface area (Å²) in [7, 11) is 2.19. The van der Waals surface area contributed by atoms with Crippen molar-refractivity contribution < 1.29 is 4.79 Å². The number of pyridine rings is 1. The van der Waals surface area contributed by atoms with Gasteiger partial charge in [0.15, 0.2) is 0 Å². The Morgan fingerprint density at radius 2 is 1.87 bits per heavy atom. The zero-order valence-corrected chi connectivity index (χ0v) is 26.1. The van der Waals surface area contributed by atoms with Crippen LogP contribution < -0.4 is 21.5 Å². The molecule has 4 aliphatic heterocycles. The predicted molar refractivity (Wildman–Crippen MR) is 181 cm³/mol. The number of benzene rings is 2. The molecular weight excluding hydrogens is 562 g/mol. The van der Waals surface area contributed by atoms with Gasteiger partial charge in [-0.05, 0) is 88.5 Å². The van der Waals surface area contributed by atoms with E-state index in [0.717, 1.165) is 55.8 Å². The van der Waals surface area contributed by atoms with Crippen LogP contribution in [0.1, 0.15) is 44.3 Å². The van der Waals surface area contributed by atoms with Gasteiger partial charge in [0.2, 0.25) is 0 Å². The third-order valence-corrected chi connectivity index (χ3v) is 10.0. The van der Waals surface area contributed by atoms with Crippen molar-refractivity contribution in [3.63, 3.8) is 0 Å². The maximum atomic E-state index is 14.6. The molecule has 1 amide bonds. The minimum atomic E-state index is -0.513. The number of carbonyl (C=O) groups excluding carboxylic acids is 1. The van der Waals surface area contributed by atoms with Crippen molar-refractivity contribution >= 4 is 34.4 Å². The largest absolute Gasteiger partial charge is 0.383 e. The van der Waals surface area contributed by atoms with Gasteiger partial charge >= 0.3 is 0 Å². The SMILES string of the molecule is C[C@@H](NC(=O)C1=C2N=CC=CCC2CCN=C1N)c1cc2cccc(N3CC4(CCN(C)CC4)C3)c2c(=O)n1-c1ccccc1. The molecule has 2 atom stereocenters. The molecule has 5 heterocycles. The highest BCUT2D eigenvalue weighted by atomic mass is 16.2. The monoisotopic (exact) mass is 603 g/mol. The number of nitrogens with zero attached hydrogens (tertiary/aromatic N) is 5. The number of hydrogen-bond acceptors (Lipinski definition) is 7. The number of amides is 1. The van der Waals surface area contributed by atoms with E-state index < -0.39 is 6.04 Å². The number of rotatable bonds is 5. The molecule has 45 heavy (non-hydrogen) atoms. The number of amidine groups is 1. The predicted octanol–water partition coefficient (Wildman–Crippen LogP) is 4.36. The summed E-state index contributed by atoms with van der Waals surface area (Å²) in [6, 6.07) is 17.3. The summed E-state index contributed by atoms with van der Waals surface area (Å²) in [4.78, 5) is 42.4. The van der Waals surface area contributed by atoms with Crippen molar-refractivity contribution in [1.82, 2.24) is 14.8 Å². The summed E-state index contributed by atoms with van der Waals surface area (Å²) in [6.45, 7) is 6.64. The fourth-order valence-corrected chi connectivity index (χ4v) is 7.43. The molecule has 7 rings (SSSR count). The van der Waals surface area contributed by atoms with Crippen molar-refractivity contribution in [2.75, 3.05) is 44.7 Å². The molecule has 3 N–H and O–H groups in total. The standard InChI is InChI=1S/C36H41N7O2/c1-24(40-34(44)31-32-25(9-6-7-17-38-32)14-18-39-33(31)37)29-21-26-10-8-13-28(42-22-36(23-42)15-19-41(2)20-16-36)30(26)35(45)43(29)27-11-4-3-5-12-27/h3-8,10-13,17,21,24-25H,9,14-16,18-20,22-23H2,1-2H3,(H2,37,39)(H,40,44)/t24-,25?/m1/s1. The van der Waals surface area contributed by atoms with Gasteiger partial charge in [-0.2, -0.15) is 0 Å². The number of aliphatic imine (C=N–C) groups is 2. The van der Waals surface area contributed by atoms with E-state index in [1.54, 1.807) is 10.8 Å². The van der Waals surface area contributed by atoms with Crippen LogP contribution >= 0.6 is 0 Å². The molecular formula is C36H41N7O2. The van der Waals surface area contributed by atoms with Gasteiger partial charge in [0, 0.05) is 48.6 Å². The summed E-state index contributed by atoms with van der Waals surface area (Å²) in [5.74, 6) is -0.0657. The first kappa shape index (κ1) is 29.2. The van der Waals surface area contributed by atoms with Crippen LogP contribution in [0.25, 0.3) is 16.5 Å². The van der Waals surface area contributed by atoms with Gasteiger partial charge in [-0.3, -0.25) is 24.1 Å². The number of aromatic nitrogens is 1. The van der Waals surface area contributed by atoms with E-state index in [4.69, 9.17) is 5.73 Å². The number of allylic oxidation sites excluding steroid dienone is 3. The number of carbonyl (C=O) groups is 1. The van der Waals surface area contributed by atoms with Crippen LogP contribution in [0.5, 0.6) is 0 Å². The number of para-hydroxylation sites is 1. The molecule has 232 valence electrons. The number of fused-ring (bicyclic) bond motifs is 2. The van der Waals surface area contributed by atoms with Crippen LogP contribution in [-0.2, 0) is 4.79 Å². The molecule has 9 nitrogen and oxygen atoms in total. The third kappa shape index (κ3) is 5.39. The average molecular weight is 604 g/mol. The molecule has 1 aromatic heterocycles. The summed E-state index contributed by atoms with van der Waals surface area (Å²) in [5, 5.41) is 4.73. The summed E-state index contributed by atoms with van der Waals surface area (Å²) >= 11 is 0. The fraction of sp³-hybridized carbons (Fsp3) is 0.389. The molecule has 2 aromatic carbocycles.